The summed E-state index contributed by atoms with van der Waals surface area (Å²) < 4.78 is 17.0. The Hall–Kier alpha value is -3.93. The Balaban J connectivity index is 4.39. The first-order chi connectivity index (χ1) is 41.0. The average molecular weight is 1150 g/mol. The fourth-order valence-corrected chi connectivity index (χ4v) is 10.1. The first-order valence-electron chi connectivity index (χ1n) is 35.4. The lowest BCUT2D eigenvalue weighted by Gasteiger charge is -2.18. The molecule has 0 saturated carbocycles. The number of allylic oxidation sites excluding steroid dienone is 18. The normalized spacial score (nSPS) is 12.8. The molecule has 6 heteroatoms. The van der Waals surface area contributed by atoms with Crippen LogP contribution in [0.2, 0.25) is 0 Å². The summed E-state index contributed by atoms with van der Waals surface area (Å²) in [4.78, 5) is 38.5. The molecule has 0 aliphatic rings. The monoisotopic (exact) mass is 1150 g/mol. The second kappa shape index (κ2) is 70.6. The Morgan fingerprint density at radius 2 is 0.470 bits per heavy atom. The second-order valence-corrected chi connectivity index (χ2v) is 23.4. The third kappa shape index (κ3) is 68.7. The van der Waals surface area contributed by atoms with E-state index in [4.69, 9.17) is 14.2 Å². The zero-order valence-corrected chi connectivity index (χ0v) is 54.7. The SMILES string of the molecule is CC/C=C\C/C=C\C/C=C\C/C=C\C/C=C\CCCCCC(=O)OCC(COC(=O)CCCCCCCCCCCCCCCCCCCCCCCCCCC)OC(=O)CCCCCCCCCC/C=C\C/C=C\C/C=C\C/C=C\CC. The summed E-state index contributed by atoms with van der Waals surface area (Å²) in [5.41, 5.74) is 0. The van der Waals surface area contributed by atoms with Gasteiger partial charge in [-0.2, -0.15) is 0 Å². The number of hydrogen-bond donors (Lipinski definition) is 0. The molecule has 0 radical (unpaired) electrons. The van der Waals surface area contributed by atoms with Gasteiger partial charge >= 0.3 is 17.9 Å². The predicted octanol–water partition coefficient (Wildman–Crippen LogP) is 24.6. The van der Waals surface area contributed by atoms with Crippen LogP contribution in [0.15, 0.2) is 109 Å². The highest BCUT2D eigenvalue weighted by atomic mass is 16.6. The maximum atomic E-state index is 13.0. The van der Waals surface area contributed by atoms with Gasteiger partial charge in [0.05, 0.1) is 0 Å². The van der Waals surface area contributed by atoms with Gasteiger partial charge in [-0.25, -0.2) is 0 Å². The van der Waals surface area contributed by atoms with Crippen LogP contribution in [-0.2, 0) is 28.6 Å². The molecule has 0 heterocycles. The van der Waals surface area contributed by atoms with Gasteiger partial charge in [0.15, 0.2) is 6.10 Å². The van der Waals surface area contributed by atoms with Crippen molar-refractivity contribution in [2.45, 2.75) is 348 Å². The van der Waals surface area contributed by atoms with Crippen LogP contribution >= 0.6 is 0 Å². The summed E-state index contributed by atoms with van der Waals surface area (Å²) in [6.07, 6.45) is 96.9. The van der Waals surface area contributed by atoms with Crippen LogP contribution < -0.4 is 0 Å². The molecule has 0 amide bonds. The molecule has 83 heavy (non-hydrogen) atoms. The number of unbranched alkanes of at least 4 members (excludes halogenated alkanes) is 35. The lowest BCUT2D eigenvalue weighted by molar-refractivity contribution is -0.167. The van der Waals surface area contributed by atoms with Crippen molar-refractivity contribution in [1.82, 2.24) is 0 Å². The van der Waals surface area contributed by atoms with E-state index in [0.717, 1.165) is 128 Å². The van der Waals surface area contributed by atoms with E-state index >= 15 is 0 Å². The van der Waals surface area contributed by atoms with E-state index in [1.807, 2.05) is 0 Å². The van der Waals surface area contributed by atoms with Crippen LogP contribution in [0.25, 0.3) is 0 Å². The van der Waals surface area contributed by atoms with Crippen molar-refractivity contribution >= 4 is 17.9 Å². The van der Waals surface area contributed by atoms with Crippen molar-refractivity contribution in [1.29, 1.82) is 0 Å². The van der Waals surface area contributed by atoms with Gasteiger partial charge in [-0.3, -0.25) is 14.4 Å². The smallest absolute Gasteiger partial charge is 0.306 e. The third-order valence-electron chi connectivity index (χ3n) is 15.3. The van der Waals surface area contributed by atoms with Crippen molar-refractivity contribution < 1.29 is 28.6 Å². The van der Waals surface area contributed by atoms with Crippen LogP contribution in [0.4, 0.5) is 0 Å². The molecule has 0 fully saturated rings. The van der Waals surface area contributed by atoms with Gasteiger partial charge in [-0.05, 0) is 103 Å². The van der Waals surface area contributed by atoms with Crippen LogP contribution in [0, 0.1) is 0 Å². The molecule has 0 aromatic rings. The maximum absolute atomic E-state index is 13.0. The lowest BCUT2D eigenvalue weighted by Crippen LogP contribution is -2.30. The van der Waals surface area contributed by atoms with E-state index in [1.54, 1.807) is 0 Å². The Morgan fingerprint density at radius 3 is 0.747 bits per heavy atom. The number of esters is 3. The third-order valence-corrected chi connectivity index (χ3v) is 15.3. The number of hydrogen-bond acceptors (Lipinski definition) is 6. The summed E-state index contributed by atoms with van der Waals surface area (Å²) in [6, 6.07) is 0. The zero-order valence-electron chi connectivity index (χ0n) is 54.7. The van der Waals surface area contributed by atoms with Crippen molar-refractivity contribution in [3.05, 3.63) is 109 Å². The maximum Gasteiger partial charge on any atom is 0.306 e. The molecule has 0 N–H and O–H groups in total. The highest BCUT2D eigenvalue weighted by molar-refractivity contribution is 5.71. The minimum absolute atomic E-state index is 0.0905. The number of ether oxygens (including phenoxy) is 3. The topological polar surface area (TPSA) is 78.9 Å². The first-order valence-corrected chi connectivity index (χ1v) is 35.4. The van der Waals surface area contributed by atoms with Gasteiger partial charge in [0, 0.05) is 19.3 Å². The molecule has 0 spiro atoms. The minimum Gasteiger partial charge on any atom is -0.462 e. The van der Waals surface area contributed by atoms with Crippen molar-refractivity contribution in [2.24, 2.45) is 0 Å². The van der Waals surface area contributed by atoms with Crippen molar-refractivity contribution in [2.75, 3.05) is 13.2 Å². The molecule has 0 aliphatic heterocycles. The largest absolute Gasteiger partial charge is 0.462 e. The zero-order chi connectivity index (χ0) is 59.9. The molecular weight excluding hydrogens is 1020 g/mol. The quantitative estimate of drug-likeness (QED) is 0.0261. The van der Waals surface area contributed by atoms with E-state index in [-0.39, 0.29) is 31.1 Å². The molecule has 476 valence electrons. The van der Waals surface area contributed by atoms with Crippen LogP contribution in [0.1, 0.15) is 342 Å². The molecule has 0 aromatic heterocycles. The fourth-order valence-electron chi connectivity index (χ4n) is 10.1. The van der Waals surface area contributed by atoms with Gasteiger partial charge in [0.1, 0.15) is 13.2 Å². The molecule has 0 rings (SSSR count). The number of carbonyl (C=O) groups excluding carboxylic acids is 3. The highest BCUT2D eigenvalue weighted by Gasteiger charge is 2.19. The molecule has 1 atom stereocenters. The summed E-state index contributed by atoms with van der Waals surface area (Å²) in [7, 11) is 0. The Labute approximate surface area is 514 Å². The molecular formula is C77H132O6. The summed E-state index contributed by atoms with van der Waals surface area (Å²) in [6.45, 7) is 6.43. The predicted molar refractivity (Wildman–Crippen MR) is 362 cm³/mol. The molecule has 6 nitrogen and oxygen atoms in total. The van der Waals surface area contributed by atoms with Gasteiger partial charge in [0.2, 0.25) is 0 Å². The molecule has 0 aromatic carbocycles. The summed E-state index contributed by atoms with van der Waals surface area (Å²) in [5, 5.41) is 0. The van der Waals surface area contributed by atoms with E-state index in [1.165, 1.54) is 173 Å². The average Bonchev–Trinajstić information content (AvgIpc) is 3.49. The van der Waals surface area contributed by atoms with E-state index in [2.05, 4.69) is 130 Å². The lowest BCUT2D eigenvalue weighted by atomic mass is 10.0. The Kier molecular flexibility index (Phi) is 67.2. The van der Waals surface area contributed by atoms with Gasteiger partial charge in [-0.1, -0.05) is 329 Å². The minimum atomic E-state index is -0.800. The number of rotatable bonds is 64. The standard InChI is InChI=1S/C77H132O6/c1-4-7-10-13-16-19-22-25-28-31-34-36-37-38-39-41-43-46-49-52-55-58-61-64-67-70-76(79)82-73-74(72-81-75(78)69-66-63-60-57-54-51-48-45-42-33-30-27-24-21-18-15-12-9-6-3)83-77(80)71-68-65-62-59-56-53-50-47-44-40-35-32-29-26-23-20-17-14-11-8-5-2/h8-9,11-12,17-18,20-21,26-27,29-30,35,40,42,45,51,54,74H,4-7,10,13-16,19,22-25,28,31-34,36-39,41,43-44,46-50,52-53,55-73H2,1-3H3/b11-8-,12-9-,20-17-,21-18-,29-26-,30-27-,40-35-,45-42-,54-51-. The molecule has 0 saturated heterocycles. The van der Waals surface area contributed by atoms with Gasteiger partial charge in [-0.15, -0.1) is 0 Å². The van der Waals surface area contributed by atoms with Crippen LogP contribution in [0.3, 0.4) is 0 Å². The van der Waals surface area contributed by atoms with E-state index in [0.29, 0.717) is 19.3 Å². The van der Waals surface area contributed by atoms with Crippen LogP contribution in [-0.4, -0.2) is 37.2 Å². The second-order valence-electron chi connectivity index (χ2n) is 23.4. The Bertz CT molecular complexity index is 1660. The first kappa shape index (κ1) is 79.1. The van der Waals surface area contributed by atoms with E-state index < -0.39 is 6.10 Å². The molecule has 0 bridgehead atoms. The number of carbonyl (C=O) groups is 3. The Morgan fingerprint density at radius 1 is 0.253 bits per heavy atom. The summed E-state index contributed by atoms with van der Waals surface area (Å²) in [5.74, 6) is -0.917. The van der Waals surface area contributed by atoms with Gasteiger partial charge in [0.25, 0.3) is 0 Å². The van der Waals surface area contributed by atoms with Crippen LogP contribution in [0.5, 0.6) is 0 Å². The van der Waals surface area contributed by atoms with Crippen molar-refractivity contribution in [3.63, 3.8) is 0 Å². The van der Waals surface area contributed by atoms with Gasteiger partial charge < -0.3 is 14.2 Å². The summed E-state index contributed by atoms with van der Waals surface area (Å²) >= 11 is 0. The molecule has 1 unspecified atom stereocenters. The molecule has 0 aliphatic carbocycles. The fraction of sp³-hybridized carbons (Fsp3) is 0.727. The highest BCUT2D eigenvalue weighted by Crippen LogP contribution is 2.18. The van der Waals surface area contributed by atoms with E-state index in [9.17, 15) is 14.4 Å². The van der Waals surface area contributed by atoms with Crippen molar-refractivity contribution in [3.8, 4) is 0 Å².